The molecule has 0 atom stereocenters. The summed E-state index contributed by atoms with van der Waals surface area (Å²) in [6.07, 6.45) is 0. The van der Waals surface area contributed by atoms with Gasteiger partial charge in [-0.1, -0.05) is 18.2 Å². The summed E-state index contributed by atoms with van der Waals surface area (Å²) in [4.78, 5) is 55.6. The maximum absolute atomic E-state index is 11.8. The maximum atomic E-state index is 11.8. The highest BCUT2D eigenvalue weighted by molar-refractivity contribution is 6.13. The molecule has 6 aromatic carbocycles. The zero-order valence-corrected chi connectivity index (χ0v) is 41.5. The Hall–Kier alpha value is -10.1. The van der Waals surface area contributed by atoms with E-state index in [2.05, 4.69) is 65.5 Å². The van der Waals surface area contributed by atoms with Crippen molar-refractivity contribution in [3.8, 4) is 80.2 Å². The third-order valence-corrected chi connectivity index (χ3v) is 13.0. The Morgan fingerprint density at radius 2 is 0.622 bits per heavy atom. The van der Waals surface area contributed by atoms with Gasteiger partial charge in [0.1, 0.15) is 58.2 Å². The molecule has 74 heavy (non-hydrogen) atoms. The van der Waals surface area contributed by atoms with E-state index in [1.807, 2.05) is 140 Å². The van der Waals surface area contributed by atoms with Crippen molar-refractivity contribution < 1.29 is 0 Å². The molecule has 0 aliphatic carbocycles. The molecule has 0 amide bonds. The molecule has 0 bridgehead atoms. The zero-order chi connectivity index (χ0) is 51.1. The molecule has 0 N–H and O–H groups in total. The molecule has 16 heteroatoms. The summed E-state index contributed by atoms with van der Waals surface area (Å²) in [5.41, 5.74) is 10.0. The molecule has 0 saturated heterocycles. The van der Waals surface area contributed by atoms with Crippen LogP contribution in [0.25, 0.3) is 112 Å². The van der Waals surface area contributed by atoms with Gasteiger partial charge in [0, 0.05) is 43.8 Å². The number of aromatic nitrogens is 14. The van der Waals surface area contributed by atoms with Gasteiger partial charge >= 0.3 is 0 Å². The fraction of sp³-hybridized carbons (Fsp3) is 0.138. The second-order valence-corrected chi connectivity index (χ2v) is 18.3. The lowest BCUT2D eigenvalue weighted by Gasteiger charge is -2.19. The van der Waals surface area contributed by atoms with Crippen molar-refractivity contribution in [3.63, 3.8) is 0 Å². The number of nitriles is 2. The highest BCUT2D eigenvalue weighted by Crippen LogP contribution is 2.43. The predicted molar refractivity (Wildman–Crippen MR) is 283 cm³/mol. The van der Waals surface area contributed by atoms with Gasteiger partial charge in [0.15, 0.2) is 23.3 Å². The standard InChI is InChI=1S/C58H42N16/c1-29-61-30(2)66-55(65-29)37-13-17-49-44(21-37)45-22-38(56-67-31(3)62-32(4)68-56)14-18-50(45)73(49)53-25-42(43-12-10-9-11-41(43)27-59)26-54(48(53)28-60)74-51-19-15-39(57-69-33(5)63-34(6)70-57)23-46(51)47-24-40(16-20-52(47)74)58-71-35(7)64-36(8)72-58/h9-26H,1-8H3. The van der Waals surface area contributed by atoms with Gasteiger partial charge in [-0.3, -0.25) is 0 Å². The Morgan fingerprint density at radius 3 is 0.905 bits per heavy atom. The van der Waals surface area contributed by atoms with Crippen LogP contribution < -0.4 is 0 Å². The number of nitrogens with zero attached hydrogens (tertiary/aromatic N) is 16. The monoisotopic (exact) mass is 962 g/mol. The van der Waals surface area contributed by atoms with Gasteiger partial charge in [-0.25, -0.2) is 59.8 Å². The first-order valence-corrected chi connectivity index (χ1v) is 23.8. The number of aryl methyl sites for hydroxylation is 8. The largest absolute Gasteiger partial charge is 0.308 e. The van der Waals surface area contributed by atoms with Gasteiger partial charge in [0.25, 0.3) is 0 Å². The lowest BCUT2D eigenvalue weighted by atomic mass is 9.96. The Morgan fingerprint density at radius 1 is 0.324 bits per heavy atom. The van der Waals surface area contributed by atoms with Crippen LogP contribution in [0, 0.1) is 78.1 Å². The summed E-state index contributed by atoms with van der Waals surface area (Å²) in [5.74, 6) is 7.10. The molecule has 0 unspecified atom stereocenters. The third kappa shape index (κ3) is 7.69. The third-order valence-electron chi connectivity index (χ3n) is 13.0. The van der Waals surface area contributed by atoms with Gasteiger partial charge in [-0.05, 0) is 158 Å². The normalized spacial score (nSPS) is 11.5. The number of hydrogen-bond donors (Lipinski definition) is 0. The van der Waals surface area contributed by atoms with E-state index in [1.165, 1.54) is 0 Å². The van der Waals surface area contributed by atoms with Crippen LogP contribution in [0.5, 0.6) is 0 Å². The van der Waals surface area contributed by atoms with Crippen LogP contribution in [-0.4, -0.2) is 68.9 Å². The molecule has 6 heterocycles. The molecule has 6 aromatic heterocycles. The average molecular weight is 963 g/mol. The molecule has 0 fully saturated rings. The van der Waals surface area contributed by atoms with Gasteiger partial charge in [0.05, 0.1) is 45.1 Å². The van der Waals surface area contributed by atoms with Crippen molar-refractivity contribution in [3.05, 3.63) is 167 Å². The molecular formula is C58H42N16. The number of benzene rings is 6. The summed E-state index contributed by atoms with van der Waals surface area (Å²) in [7, 11) is 0. The minimum Gasteiger partial charge on any atom is -0.308 e. The van der Waals surface area contributed by atoms with E-state index in [0.29, 0.717) is 98.0 Å². The first-order valence-electron chi connectivity index (χ1n) is 23.8. The molecule has 0 aliphatic rings. The molecule has 0 spiro atoms. The van der Waals surface area contributed by atoms with E-state index in [0.717, 1.165) is 71.4 Å². The second-order valence-electron chi connectivity index (χ2n) is 18.3. The van der Waals surface area contributed by atoms with E-state index in [1.54, 1.807) is 0 Å². The molecular weight excluding hydrogens is 921 g/mol. The van der Waals surface area contributed by atoms with Crippen molar-refractivity contribution >= 4 is 43.6 Å². The maximum Gasteiger partial charge on any atom is 0.163 e. The summed E-state index contributed by atoms with van der Waals surface area (Å²) in [5, 5.41) is 25.9. The summed E-state index contributed by atoms with van der Waals surface area (Å²) in [6, 6.07) is 41.2. The van der Waals surface area contributed by atoms with Crippen LogP contribution in [0.1, 0.15) is 57.7 Å². The fourth-order valence-electron chi connectivity index (χ4n) is 10.2. The number of hydrogen-bond acceptors (Lipinski definition) is 14. The summed E-state index contributed by atoms with van der Waals surface area (Å²) in [6.45, 7) is 14.9. The van der Waals surface area contributed by atoms with Crippen molar-refractivity contribution in [1.29, 1.82) is 10.5 Å². The summed E-state index contributed by atoms with van der Waals surface area (Å²) < 4.78 is 4.26. The fourth-order valence-corrected chi connectivity index (χ4v) is 10.2. The topological polar surface area (TPSA) is 212 Å². The van der Waals surface area contributed by atoms with Crippen molar-refractivity contribution in [2.24, 2.45) is 0 Å². The first-order chi connectivity index (χ1) is 35.8. The number of rotatable bonds is 7. The van der Waals surface area contributed by atoms with Crippen LogP contribution in [0.4, 0.5) is 0 Å². The van der Waals surface area contributed by atoms with Crippen molar-refractivity contribution in [2.75, 3.05) is 0 Å². The minimum atomic E-state index is 0.391. The molecule has 354 valence electrons. The Bertz CT molecular complexity index is 3910. The quantitative estimate of drug-likeness (QED) is 0.145. The van der Waals surface area contributed by atoms with Gasteiger partial charge in [0.2, 0.25) is 0 Å². The van der Waals surface area contributed by atoms with E-state index in [4.69, 9.17) is 39.9 Å². The van der Waals surface area contributed by atoms with Crippen LogP contribution in [-0.2, 0) is 0 Å². The first kappa shape index (κ1) is 45.1. The molecule has 12 rings (SSSR count). The molecule has 12 aromatic rings. The lowest BCUT2D eigenvalue weighted by Crippen LogP contribution is -2.06. The van der Waals surface area contributed by atoms with Crippen LogP contribution in [0.15, 0.2) is 109 Å². The van der Waals surface area contributed by atoms with Crippen LogP contribution >= 0.6 is 0 Å². The summed E-state index contributed by atoms with van der Waals surface area (Å²) >= 11 is 0. The second kappa shape index (κ2) is 17.4. The average Bonchev–Trinajstić information content (AvgIpc) is 3.88. The number of fused-ring (bicyclic) bond motifs is 6. The molecule has 0 saturated carbocycles. The van der Waals surface area contributed by atoms with E-state index in [-0.39, 0.29) is 0 Å². The Balaban J connectivity index is 1.19. The van der Waals surface area contributed by atoms with Gasteiger partial charge in [-0.2, -0.15) is 10.5 Å². The Kier molecular flexibility index (Phi) is 10.6. The van der Waals surface area contributed by atoms with E-state index >= 15 is 0 Å². The zero-order valence-electron chi connectivity index (χ0n) is 41.5. The van der Waals surface area contributed by atoms with E-state index < -0.39 is 0 Å². The SMILES string of the molecule is Cc1nc(C)nc(-c2ccc3c(c2)c2cc(-c4nc(C)nc(C)n4)ccc2n3-c2cc(-c3ccccc3C#N)cc(-n3c4ccc(-c5nc(C)nc(C)n5)cc4c4cc(-c5nc(C)nc(C)n5)ccc43)c2C#N)n1. The minimum absolute atomic E-state index is 0.391. The predicted octanol–water partition coefficient (Wildman–Crippen LogP) is 11.2. The van der Waals surface area contributed by atoms with Gasteiger partial charge < -0.3 is 9.13 Å². The molecule has 16 nitrogen and oxygen atoms in total. The molecule has 0 aliphatic heterocycles. The van der Waals surface area contributed by atoms with E-state index in [9.17, 15) is 10.5 Å². The van der Waals surface area contributed by atoms with Gasteiger partial charge in [-0.15, -0.1) is 0 Å². The van der Waals surface area contributed by atoms with Crippen molar-refractivity contribution in [2.45, 2.75) is 55.4 Å². The van der Waals surface area contributed by atoms with Crippen LogP contribution in [0.3, 0.4) is 0 Å². The van der Waals surface area contributed by atoms with Crippen molar-refractivity contribution in [1.82, 2.24) is 68.9 Å². The lowest BCUT2D eigenvalue weighted by molar-refractivity contribution is 0.928. The van der Waals surface area contributed by atoms with Crippen LogP contribution in [0.2, 0.25) is 0 Å². The highest BCUT2D eigenvalue weighted by atomic mass is 15.1. The molecule has 0 radical (unpaired) electrons. The highest BCUT2D eigenvalue weighted by Gasteiger charge is 2.25. The smallest absolute Gasteiger partial charge is 0.163 e. The Labute approximate surface area is 423 Å².